The van der Waals surface area contributed by atoms with E-state index in [0.29, 0.717) is 4.77 Å². The molecule has 1 aromatic carbocycles. The first-order chi connectivity index (χ1) is 10.3. The van der Waals surface area contributed by atoms with Crippen molar-refractivity contribution in [3.05, 3.63) is 35.2 Å². The fourth-order valence-electron chi connectivity index (χ4n) is 2.68. The minimum absolute atomic E-state index is 0.701. The summed E-state index contributed by atoms with van der Waals surface area (Å²) >= 11 is 5.38. The summed E-state index contributed by atoms with van der Waals surface area (Å²) in [6.45, 7) is 3.14. The molecule has 0 unspecified atom stereocenters. The van der Waals surface area contributed by atoms with E-state index in [9.17, 15) is 0 Å². The molecule has 0 aliphatic carbocycles. The number of aromatic amines is 2. The van der Waals surface area contributed by atoms with Crippen LogP contribution in [-0.4, -0.2) is 19.7 Å². The first-order valence-electron chi connectivity index (χ1n) is 7.53. The van der Waals surface area contributed by atoms with Crippen molar-refractivity contribution >= 4 is 23.1 Å². The second-order valence-electron chi connectivity index (χ2n) is 5.31. The highest BCUT2D eigenvalue weighted by Gasteiger charge is 2.12. The molecule has 0 bridgehead atoms. The minimum Gasteiger partial charge on any atom is -0.360 e. The van der Waals surface area contributed by atoms with Gasteiger partial charge < -0.3 is 9.55 Å². The van der Waals surface area contributed by atoms with E-state index < -0.39 is 0 Å². The van der Waals surface area contributed by atoms with Crippen LogP contribution in [-0.2, 0) is 6.54 Å². The van der Waals surface area contributed by atoms with Crippen LogP contribution in [0.5, 0.6) is 0 Å². The molecule has 0 saturated carbocycles. The number of nitrogens with zero attached hydrogens (tertiary/aromatic N) is 2. The van der Waals surface area contributed by atoms with Crippen LogP contribution in [0.15, 0.2) is 30.5 Å². The van der Waals surface area contributed by atoms with Crippen molar-refractivity contribution in [2.45, 2.75) is 39.2 Å². The van der Waals surface area contributed by atoms with Crippen LogP contribution < -0.4 is 0 Å². The lowest BCUT2D eigenvalue weighted by molar-refractivity contribution is 0.581. The molecule has 110 valence electrons. The van der Waals surface area contributed by atoms with Crippen LogP contribution in [0.2, 0.25) is 0 Å². The summed E-state index contributed by atoms with van der Waals surface area (Å²) in [6.07, 6.45) is 6.89. The molecule has 2 aromatic heterocycles. The maximum absolute atomic E-state index is 5.38. The standard InChI is InChI=1S/C16H20N4S/c1-2-3-4-7-10-20-15(18-19-16(20)21)13-11-17-14-9-6-5-8-12(13)14/h5-6,8-9,11,17H,2-4,7,10H2,1H3,(H,19,21). The maximum Gasteiger partial charge on any atom is 0.195 e. The molecule has 0 aliphatic rings. The smallest absolute Gasteiger partial charge is 0.195 e. The fraction of sp³-hybridized carbons (Fsp3) is 0.375. The fourth-order valence-corrected chi connectivity index (χ4v) is 2.91. The molecule has 0 spiro atoms. The molecule has 0 atom stereocenters. The Kier molecular flexibility index (Phi) is 4.20. The summed E-state index contributed by atoms with van der Waals surface area (Å²) in [5, 5.41) is 8.55. The molecule has 3 aromatic rings. The van der Waals surface area contributed by atoms with Crippen LogP contribution in [0.3, 0.4) is 0 Å². The van der Waals surface area contributed by atoms with E-state index in [2.05, 4.69) is 38.8 Å². The number of para-hydroxylation sites is 1. The van der Waals surface area contributed by atoms with Gasteiger partial charge in [-0.05, 0) is 24.7 Å². The van der Waals surface area contributed by atoms with Crippen molar-refractivity contribution in [1.82, 2.24) is 19.7 Å². The SMILES string of the molecule is CCCCCCn1c(-c2c[nH]c3ccccc23)n[nH]c1=S. The van der Waals surface area contributed by atoms with E-state index >= 15 is 0 Å². The molecule has 4 nitrogen and oxygen atoms in total. The van der Waals surface area contributed by atoms with Crippen molar-refractivity contribution < 1.29 is 0 Å². The lowest BCUT2D eigenvalue weighted by atomic mass is 10.1. The van der Waals surface area contributed by atoms with Crippen molar-refractivity contribution in [2.24, 2.45) is 0 Å². The molecule has 0 fully saturated rings. The number of nitrogens with one attached hydrogen (secondary N) is 2. The van der Waals surface area contributed by atoms with E-state index in [1.807, 2.05) is 18.3 Å². The molecule has 0 amide bonds. The van der Waals surface area contributed by atoms with Gasteiger partial charge in [0, 0.05) is 29.2 Å². The summed E-state index contributed by atoms with van der Waals surface area (Å²) in [5.41, 5.74) is 2.23. The Bertz CT molecular complexity index is 781. The largest absolute Gasteiger partial charge is 0.360 e. The predicted molar refractivity (Wildman–Crippen MR) is 88.8 cm³/mol. The summed E-state index contributed by atoms with van der Waals surface area (Å²) < 4.78 is 2.81. The molecule has 0 aliphatic heterocycles. The van der Waals surface area contributed by atoms with Gasteiger partial charge >= 0.3 is 0 Å². The van der Waals surface area contributed by atoms with Gasteiger partial charge in [-0.25, -0.2) is 0 Å². The highest BCUT2D eigenvalue weighted by molar-refractivity contribution is 7.71. The Morgan fingerprint density at radius 1 is 1.19 bits per heavy atom. The van der Waals surface area contributed by atoms with Crippen LogP contribution in [0.25, 0.3) is 22.3 Å². The number of rotatable bonds is 6. The van der Waals surface area contributed by atoms with E-state index in [-0.39, 0.29) is 0 Å². The average Bonchev–Trinajstić information content (AvgIpc) is 3.08. The normalized spacial score (nSPS) is 11.3. The monoisotopic (exact) mass is 300 g/mol. The van der Waals surface area contributed by atoms with E-state index in [4.69, 9.17) is 12.2 Å². The molecule has 0 saturated heterocycles. The van der Waals surface area contributed by atoms with Crippen molar-refractivity contribution in [2.75, 3.05) is 0 Å². The maximum atomic E-state index is 5.38. The third-order valence-electron chi connectivity index (χ3n) is 3.82. The lowest BCUT2D eigenvalue weighted by Gasteiger charge is -2.06. The van der Waals surface area contributed by atoms with Gasteiger partial charge in [0.1, 0.15) is 0 Å². The summed E-state index contributed by atoms with van der Waals surface area (Å²) in [4.78, 5) is 3.30. The molecule has 3 rings (SSSR count). The van der Waals surface area contributed by atoms with Crippen LogP contribution >= 0.6 is 12.2 Å². The highest BCUT2D eigenvalue weighted by atomic mass is 32.1. The number of aromatic nitrogens is 4. The van der Waals surface area contributed by atoms with Gasteiger partial charge in [0.25, 0.3) is 0 Å². The Morgan fingerprint density at radius 3 is 2.90 bits per heavy atom. The number of H-pyrrole nitrogens is 2. The number of hydrogen-bond donors (Lipinski definition) is 2. The molecular weight excluding hydrogens is 280 g/mol. The Morgan fingerprint density at radius 2 is 2.05 bits per heavy atom. The molecule has 2 heterocycles. The van der Waals surface area contributed by atoms with Gasteiger partial charge in [-0.15, -0.1) is 0 Å². The van der Waals surface area contributed by atoms with Crippen molar-refractivity contribution in [3.63, 3.8) is 0 Å². The summed E-state index contributed by atoms with van der Waals surface area (Å²) in [7, 11) is 0. The molecular formula is C16H20N4S. The third-order valence-corrected chi connectivity index (χ3v) is 4.14. The third kappa shape index (κ3) is 2.78. The zero-order valence-corrected chi connectivity index (χ0v) is 13.0. The molecule has 5 heteroatoms. The predicted octanol–water partition coefficient (Wildman–Crippen LogP) is 4.67. The molecule has 21 heavy (non-hydrogen) atoms. The summed E-state index contributed by atoms with van der Waals surface area (Å²) in [6, 6.07) is 8.27. The second kappa shape index (κ2) is 6.26. The first-order valence-corrected chi connectivity index (χ1v) is 7.93. The van der Waals surface area contributed by atoms with Gasteiger partial charge in [0.2, 0.25) is 0 Å². The van der Waals surface area contributed by atoms with Crippen molar-refractivity contribution in [3.8, 4) is 11.4 Å². The van der Waals surface area contributed by atoms with Gasteiger partial charge in [-0.1, -0.05) is 44.4 Å². The molecule has 2 N–H and O–H groups in total. The van der Waals surface area contributed by atoms with Gasteiger partial charge in [-0.2, -0.15) is 5.10 Å². The number of hydrogen-bond acceptors (Lipinski definition) is 2. The van der Waals surface area contributed by atoms with E-state index in [0.717, 1.165) is 29.9 Å². The topological polar surface area (TPSA) is 49.4 Å². The van der Waals surface area contributed by atoms with Gasteiger partial charge in [0.05, 0.1) is 0 Å². The van der Waals surface area contributed by atoms with E-state index in [1.54, 1.807) is 0 Å². The first kappa shape index (κ1) is 14.1. The Hall–Kier alpha value is -1.88. The Balaban J connectivity index is 1.94. The minimum atomic E-state index is 0.701. The zero-order chi connectivity index (χ0) is 14.7. The van der Waals surface area contributed by atoms with Gasteiger partial charge in [0.15, 0.2) is 10.6 Å². The van der Waals surface area contributed by atoms with Crippen LogP contribution in [0.4, 0.5) is 0 Å². The van der Waals surface area contributed by atoms with Crippen LogP contribution in [0.1, 0.15) is 32.6 Å². The summed E-state index contributed by atoms with van der Waals surface area (Å²) in [5.74, 6) is 0.925. The number of fused-ring (bicyclic) bond motifs is 1. The Labute approximate surface area is 129 Å². The quantitative estimate of drug-likeness (QED) is 0.513. The van der Waals surface area contributed by atoms with Crippen LogP contribution in [0, 0.1) is 4.77 Å². The van der Waals surface area contributed by atoms with Gasteiger partial charge in [-0.3, -0.25) is 5.10 Å². The lowest BCUT2D eigenvalue weighted by Crippen LogP contribution is -2.01. The zero-order valence-electron chi connectivity index (χ0n) is 12.2. The average molecular weight is 300 g/mol. The second-order valence-corrected chi connectivity index (χ2v) is 5.70. The van der Waals surface area contributed by atoms with E-state index in [1.165, 1.54) is 24.6 Å². The van der Waals surface area contributed by atoms with Crippen molar-refractivity contribution in [1.29, 1.82) is 0 Å². The highest BCUT2D eigenvalue weighted by Crippen LogP contribution is 2.27. The molecule has 0 radical (unpaired) electrons. The number of benzene rings is 1. The number of unbranched alkanes of at least 4 members (excludes halogenated alkanes) is 3.